The molecule has 1 aliphatic carbocycles. The number of hydrogen-bond acceptors (Lipinski definition) is 6. The predicted octanol–water partition coefficient (Wildman–Crippen LogP) is 5.76. The van der Waals surface area contributed by atoms with Crippen LogP contribution in [0.3, 0.4) is 0 Å². The van der Waals surface area contributed by atoms with Crippen LogP contribution in [0.5, 0.6) is 0 Å². The second-order valence-electron chi connectivity index (χ2n) is 11.0. The second-order valence-corrected chi connectivity index (χ2v) is 11.0. The zero-order valence-corrected chi connectivity index (χ0v) is 21.8. The summed E-state index contributed by atoms with van der Waals surface area (Å²) in [6, 6.07) is 9.61. The summed E-state index contributed by atoms with van der Waals surface area (Å²) >= 11 is 0. The number of benzene rings is 1. The SMILES string of the molecule is CC1=CN2C=C(c3cc4ccc(N5CCN(C6CCC6)C(C)C5)cc4c(=O)o3)C(C)CC=C2C(C)=N1. The molecule has 2 unspecified atom stereocenters. The Morgan fingerprint density at radius 3 is 2.64 bits per heavy atom. The lowest BCUT2D eigenvalue weighted by Gasteiger charge is -2.47. The number of aliphatic imine (C=N–C) groups is 1. The summed E-state index contributed by atoms with van der Waals surface area (Å²) in [6.07, 6.45) is 11.3. The Morgan fingerprint density at radius 1 is 1.06 bits per heavy atom. The molecule has 6 nitrogen and oxygen atoms in total. The summed E-state index contributed by atoms with van der Waals surface area (Å²) in [5, 5.41) is 1.59. The van der Waals surface area contributed by atoms with Crippen molar-refractivity contribution in [1.29, 1.82) is 0 Å². The summed E-state index contributed by atoms with van der Waals surface area (Å²) < 4.78 is 5.97. The summed E-state index contributed by atoms with van der Waals surface area (Å²) in [5.41, 5.74) is 4.95. The van der Waals surface area contributed by atoms with Crippen molar-refractivity contribution in [3.05, 3.63) is 70.3 Å². The van der Waals surface area contributed by atoms with Gasteiger partial charge in [-0.2, -0.15) is 0 Å². The maximum atomic E-state index is 13.2. The lowest BCUT2D eigenvalue weighted by molar-refractivity contribution is 0.0775. The molecule has 2 atom stereocenters. The zero-order chi connectivity index (χ0) is 25.0. The monoisotopic (exact) mass is 484 g/mol. The first-order valence-electron chi connectivity index (χ1n) is 13.4. The van der Waals surface area contributed by atoms with Gasteiger partial charge in [-0.05, 0) is 69.5 Å². The van der Waals surface area contributed by atoms with Gasteiger partial charge in [0.05, 0.1) is 22.5 Å². The van der Waals surface area contributed by atoms with E-state index in [0.29, 0.717) is 17.2 Å². The molecular formula is C30H36N4O2. The molecule has 1 saturated carbocycles. The fourth-order valence-corrected chi connectivity index (χ4v) is 6.15. The normalized spacial score (nSPS) is 25.4. The van der Waals surface area contributed by atoms with Crippen molar-refractivity contribution in [2.75, 3.05) is 24.5 Å². The standard InChI is InChI=1S/C30H36N4O2/c1-19-8-11-28-22(4)31-20(2)16-33(28)18-27(19)29-14-23-9-10-25(15-26(23)30(35)36-29)32-12-13-34(21(3)17-32)24-6-5-7-24/h9-11,14-16,18-19,21,24H,5-8,12-13,17H2,1-4H3. The van der Waals surface area contributed by atoms with E-state index in [1.165, 1.54) is 19.3 Å². The highest BCUT2D eigenvalue weighted by atomic mass is 16.4. The van der Waals surface area contributed by atoms with E-state index in [2.05, 4.69) is 57.9 Å². The first-order chi connectivity index (χ1) is 17.4. The van der Waals surface area contributed by atoms with Gasteiger partial charge in [-0.15, -0.1) is 0 Å². The molecule has 4 heterocycles. The van der Waals surface area contributed by atoms with Gasteiger partial charge in [0.15, 0.2) is 0 Å². The molecule has 6 heteroatoms. The van der Waals surface area contributed by atoms with Crippen LogP contribution in [0.15, 0.2) is 68.3 Å². The third kappa shape index (κ3) is 4.11. The van der Waals surface area contributed by atoms with Gasteiger partial charge < -0.3 is 14.2 Å². The first-order valence-corrected chi connectivity index (χ1v) is 13.4. The Hall–Kier alpha value is -3.12. The molecule has 3 aliphatic heterocycles. The minimum absolute atomic E-state index is 0.220. The molecule has 1 aromatic heterocycles. The third-order valence-electron chi connectivity index (χ3n) is 8.41. The van der Waals surface area contributed by atoms with E-state index in [1.54, 1.807) is 0 Å². The molecule has 2 fully saturated rings. The van der Waals surface area contributed by atoms with Crippen LogP contribution >= 0.6 is 0 Å². The van der Waals surface area contributed by atoms with Crippen molar-refractivity contribution in [1.82, 2.24) is 9.80 Å². The highest BCUT2D eigenvalue weighted by Crippen LogP contribution is 2.35. The van der Waals surface area contributed by atoms with Crippen LogP contribution in [0.1, 0.15) is 59.1 Å². The minimum Gasteiger partial charge on any atom is -0.423 e. The second kappa shape index (κ2) is 9.07. The van der Waals surface area contributed by atoms with Crippen LogP contribution in [0, 0.1) is 5.92 Å². The molecule has 1 saturated heterocycles. The quantitative estimate of drug-likeness (QED) is 0.555. The average Bonchev–Trinajstić information content (AvgIpc) is 2.98. The van der Waals surface area contributed by atoms with Gasteiger partial charge >= 0.3 is 5.63 Å². The predicted molar refractivity (Wildman–Crippen MR) is 147 cm³/mol. The lowest BCUT2D eigenvalue weighted by atomic mass is 9.89. The van der Waals surface area contributed by atoms with E-state index < -0.39 is 0 Å². The Balaban J connectivity index is 1.29. The number of rotatable bonds is 3. The van der Waals surface area contributed by atoms with E-state index in [0.717, 1.165) is 65.8 Å². The smallest absolute Gasteiger partial charge is 0.344 e. The van der Waals surface area contributed by atoms with Crippen molar-refractivity contribution in [2.24, 2.45) is 10.9 Å². The van der Waals surface area contributed by atoms with Gasteiger partial charge in [0.2, 0.25) is 0 Å². The van der Waals surface area contributed by atoms with E-state index in [-0.39, 0.29) is 11.5 Å². The molecule has 188 valence electrons. The number of anilines is 1. The van der Waals surface area contributed by atoms with Crippen LogP contribution in [-0.4, -0.2) is 47.2 Å². The molecule has 4 aliphatic rings. The summed E-state index contributed by atoms with van der Waals surface area (Å²) in [7, 11) is 0. The summed E-state index contributed by atoms with van der Waals surface area (Å²) in [5.74, 6) is 0.870. The highest BCUT2D eigenvalue weighted by molar-refractivity contribution is 5.99. The summed E-state index contributed by atoms with van der Waals surface area (Å²) in [4.78, 5) is 25.1. The van der Waals surface area contributed by atoms with Gasteiger partial charge in [-0.25, -0.2) is 4.79 Å². The number of allylic oxidation sites excluding steroid dienone is 4. The molecule has 6 rings (SSSR count). The number of hydrogen-bond donors (Lipinski definition) is 0. The molecular weight excluding hydrogens is 448 g/mol. The average molecular weight is 485 g/mol. The maximum absolute atomic E-state index is 13.2. The number of piperazine rings is 1. The zero-order valence-electron chi connectivity index (χ0n) is 21.8. The van der Waals surface area contributed by atoms with Crippen LogP contribution in [0.25, 0.3) is 16.3 Å². The molecule has 0 amide bonds. The maximum Gasteiger partial charge on any atom is 0.344 e. The summed E-state index contributed by atoms with van der Waals surface area (Å²) in [6.45, 7) is 11.7. The Kier molecular flexibility index (Phi) is 5.87. The fraction of sp³-hybridized carbons (Fsp3) is 0.467. The lowest BCUT2D eigenvalue weighted by Crippen LogP contribution is -2.57. The van der Waals surface area contributed by atoms with Crippen molar-refractivity contribution in [3.8, 4) is 0 Å². The highest BCUT2D eigenvalue weighted by Gasteiger charge is 2.32. The Morgan fingerprint density at radius 2 is 1.89 bits per heavy atom. The fourth-order valence-electron chi connectivity index (χ4n) is 6.15. The third-order valence-corrected chi connectivity index (χ3v) is 8.41. The minimum atomic E-state index is -0.265. The molecule has 1 aromatic carbocycles. The Labute approximate surface area is 213 Å². The first kappa shape index (κ1) is 23.3. The van der Waals surface area contributed by atoms with Crippen LogP contribution in [-0.2, 0) is 0 Å². The van der Waals surface area contributed by atoms with Crippen molar-refractivity contribution in [2.45, 2.75) is 65.5 Å². The van der Waals surface area contributed by atoms with Gasteiger partial charge in [0.25, 0.3) is 0 Å². The molecule has 0 bridgehead atoms. The number of fused-ring (bicyclic) bond motifs is 2. The van der Waals surface area contributed by atoms with Gasteiger partial charge in [0, 0.05) is 55.4 Å². The van der Waals surface area contributed by atoms with Crippen LogP contribution in [0.2, 0.25) is 0 Å². The Bertz CT molecular complexity index is 1380. The van der Waals surface area contributed by atoms with Gasteiger partial charge in [0.1, 0.15) is 5.76 Å². The largest absolute Gasteiger partial charge is 0.423 e. The van der Waals surface area contributed by atoms with E-state index >= 15 is 0 Å². The molecule has 36 heavy (non-hydrogen) atoms. The molecule has 2 aromatic rings. The molecule has 0 spiro atoms. The molecule has 0 radical (unpaired) electrons. The topological polar surface area (TPSA) is 52.3 Å². The van der Waals surface area contributed by atoms with Crippen molar-refractivity contribution >= 4 is 27.7 Å². The van der Waals surface area contributed by atoms with Crippen molar-refractivity contribution < 1.29 is 4.42 Å². The number of nitrogens with zero attached hydrogens (tertiary/aromatic N) is 4. The van der Waals surface area contributed by atoms with Gasteiger partial charge in [-0.1, -0.05) is 25.5 Å². The van der Waals surface area contributed by atoms with E-state index in [9.17, 15) is 4.79 Å². The van der Waals surface area contributed by atoms with E-state index in [1.807, 2.05) is 32.2 Å². The van der Waals surface area contributed by atoms with Crippen LogP contribution in [0.4, 0.5) is 5.69 Å². The van der Waals surface area contributed by atoms with Crippen LogP contribution < -0.4 is 10.5 Å². The van der Waals surface area contributed by atoms with E-state index in [4.69, 9.17) is 4.42 Å². The van der Waals surface area contributed by atoms with Gasteiger partial charge in [-0.3, -0.25) is 9.89 Å². The van der Waals surface area contributed by atoms with Crippen molar-refractivity contribution in [3.63, 3.8) is 0 Å². The molecule has 0 N–H and O–H groups in total.